The fourth-order valence-electron chi connectivity index (χ4n) is 1.41. The van der Waals surface area contributed by atoms with E-state index in [-0.39, 0.29) is 5.91 Å². The molecule has 2 aromatic rings. The van der Waals surface area contributed by atoms with Gasteiger partial charge in [0.2, 0.25) is 0 Å². The van der Waals surface area contributed by atoms with Gasteiger partial charge in [-0.3, -0.25) is 4.79 Å². The molecule has 0 aliphatic rings. The first-order valence-electron chi connectivity index (χ1n) is 4.60. The fourth-order valence-corrected chi connectivity index (χ4v) is 2.05. The van der Waals surface area contributed by atoms with Crippen LogP contribution in [0.4, 0.5) is 0 Å². The molecule has 0 bridgehead atoms. The molecule has 0 unspecified atom stereocenters. The summed E-state index contributed by atoms with van der Waals surface area (Å²) < 4.78 is 5.95. The van der Waals surface area contributed by atoms with Crippen LogP contribution >= 0.6 is 43.5 Å². The lowest BCUT2D eigenvalue weighted by Crippen LogP contribution is -2.30. The molecule has 0 spiro atoms. The van der Waals surface area contributed by atoms with Gasteiger partial charge in [-0.1, -0.05) is 43.5 Å². The average Bonchev–Trinajstić information content (AvgIpc) is 2.62. The summed E-state index contributed by atoms with van der Waals surface area (Å²) in [6.45, 7) is 0. The highest BCUT2D eigenvalue weighted by molar-refractivity contribution is 9.12. The molecule has 0 aliphatic carbocycles. The van der Waals surface area contributed by atoms with Gasteiger partial charge in [0.1, 0.15) is 4.83 Å². The molecule has 17 heavy (non-hydrogen) atoms. The van der Waals surface area contributed by atoms with Crippen molar-refractivity contribution in [2.45, 2.75) is 4.83 Å². The number of halogens is 3. The smallest absolute Gasteiger partial charge is 0.407 e. The number of carbonyl (C=O) groups excluding carboxylic acids is 1. The maximum absolute atomic E-state index is 11.9. The van der Waals surface area contributed by atoms with Crippen molar-refractivity contribution < 1.29 is 9.21 Å². The highest BCUT2D eigenvalue weighted by atomic mass is 79.9. The minimum atomic E-state index is -0.710. The molecule has 1 aromatic heterocycles. The van der Waals surface area contributed by atoms with Crippen LogP contribution in [-0.2, 0) is 0 Å². The van der Waals surface area contributed by atoms with E-state index < -0.39 is 10.6 Å². The van der Waals surface area contributed by atoms with E-state index in [1.807, 2.05) is 0 Å². The first-order chi connectivity index (χ1) is 8.04. The van der Waals surface area contributed by atoms with Crippen LogP contribution < -0.4 is 5.76 Å². The number of carbonyl (C=O) groups is 1. The van der Waals surface area contributed by atoms with Crippen molar-refractivity contribution in [3.8, 4) is 0 Å². The minimum Gasteiger partial charge on any atom is -0.407 e. The largest absolute Gasteiger partial charge is 0.426 e. The number of alkyl halides is 2. The summed E-state index contributed by atoms with van der Waals surface area (Å²) in [5.41, 5.74) is 0.708. The summed E-state index contributed by atoms with van der Waals surface area (Å²) in [5, 5.41) is 0.847. The van der Waals surface area contributed by atoms with Crippen LogP contribution in [0.5, 0.6) is 0 Å². The normalized spacial score (nSPS) is 12.9. The van der Waals surface area contributed by atoms with E-state index >= 15 is 0 Å². The second-order valence-corrected chi connectivity index (χ2v) is 5.46. The number of rotatable bonds is 2. The van der Waals surface area contributed by atoms with E-state index in [2.05, 4.69) is 31.9 Å². The Hall–Kier alpha value is -0.590. The zero-order valence-corrected chi connectivity index (χ0v) is 12.3. The highest BCUT2D eigenvalue weighted by Gasteiger charge is 2.21. The van der Waals surface area contributed by atoms with E-state index in [0.29, 0.717) is 21.5 Å². The van der Waals surface area contributed by atoms with Gasteiger partial charge in [-0.05, 0) is 12.1 Å². The van der Waals surface area contributed by atoms with Crippen molar-refractivity contribution in [3.63, 3.8) is 0 Å². The van der Waals surface area contributed by atoms with E-state index in [0.717, 1.165) is 4.57 Å². The first kappa shape index (κ1) is 12.9. The second-order valence-electron chi connectivity index (χ2n) is 3.28. The Balaban J connectivity index is 2.65. The van der Waals surface area contributed by atoms with Crippen LogP contribution in [-0.4, -0.2) is 20.6 Å². The topological polar surface area (TPSA) is 52.2 Å². The van der Waals surface area contributed by atoms with E-state index in [1.54, 1.807) is 12.1 Å². The lowest BCUT2D eigenvalue weighted by Gasteiger charge is -2.04. The molecule has 1 atom stereocenters. The number of fused-ring (bicyclic) bond motifs is 1. The standard InChI is InChI=1S/C10H6Br2ClNO3/c11-4-6(12)9(15)14-7-2-1-5(13)3-8(7)17-10(14)16/h1-3,6H,4H2/t6-/m1/s1. The second kappa shape index (κ2) is 4.96. The van der Waals surface area contributed by atoms with Crippen molar-refractivity contribution in [3.05, 3.63) is 33.8 Å². The summed E-state index contributed by atoms with van der Waals surface area (Å²) in [6.07, 6.45) is 0. The van der Waals surface area contributed by atoms with Crippen molar-refractivity contribution in [2.75, 3.05) is 5.33 Å². The summed E-state index contributed by atoms with van der Waals surface area (Å²) in [5.74, 6) is -1.09. The molecule has 2 rings (SSSR count). The van der Waals surface area contributed by atoms with Crippen molar-refractivity contribution in [1.82, 2.24) is 4.57 Å². The number of aromatic nitrogens is 1. The highest BCUT2D eigenvalue weighted by Crippen LogP contribution is 2.19. The van der Waals surface area contributed by atoms with Gasteiger partial charge >= 0.3 is 5.76 Å². The van der Waals surface area contributed by atoms with Gasteiger partial charge in [0.05, 0.1) is 5.52 Å². The van der Waals surface area contributed by atoms with Crippen molar-refractivity contribution in [2.24, 2.45) is 0 Å². The molecular weight excluding hydrogens is 377 g/mol. The maximum atomic E-state index is 11.9. The molecule has 0 saturated carbocycles. The third-order valence-corrected chi connectivity index (χ3v) is 4.63. The SMILES string of the molecule is O=C([C@H](Br)CBr)n1c(=O)oc2cc(Cl)ccc21. The number of oxazole rings is 1. The third-order valence-electron chi connectivity index (χ3n) is 2.17. The minimum absolute atomic E-state index is 0.296. The number of hydrogen-bond donors (Lipinski definition) is 0. The lowest BCUT2D eigenvalue weighted by molar-refractivity contribution is 0.0915. The quantitative estimate of drug-likeness (QED) is 0.749. The number of nitrogens with zero attached hydrogens (tertiary/aromatic N) is 1. The van der Waals surface area contributed by atoms with E-state index in [9.17, 15) is 9.59 Å². The summed E-state index contributed by atoms with van der Waals surface area (Å²) >= 11 is 12.1. The zero-order valence-electron chi connectivity index (χ0n) is 8.32. The molecule has 1 aromatic carbocycles. The average molecular weight is 383 g/mol. The Labute approximate surface area is 118 Å². The van der Waals surface area contributed by atoms with Gasteiger partial charge in [0.15, 0.2) is 5.58 Å². The molecule has 0 fully saturated rings. The molecule has 0 aliphatic heterocycles. The van der Waals surface area contributed by atoms with Crippen molar-refractivity contribution in [1.29, 1.82) is 0 Å². The van der Waals surface area contributed by atoms with Crippen LogP contribution in [0.25, 0.3) is 11.1 Å². The van der Waals surface area contributed by atoms with Gasteiger partial charge in [0.25, 0.3) is 5.91 Å². The number of benzene rings is 1. The molecule has 7 heteroatoms. The third kappa shape index (κ3) is 2.34. The molecular formula is C10H6Br2ClNO3. The van der Waals surface area contributed by atoms with Gasteiger partial charge < -0.3 is 4.42 Å². The Morgan fingerprint density at radius 3 is 2.88 bits per heavy atom. The van der Waals surface area contributed by atoms with Crippen LogP contribution in [0.3, 0.4) is 0 Å². The molecule has 0 N–H and O–H groups in total. The predicted octanol–water partition coefficient (Wildman–Crippen LogP) is 3.05. The van der Waals surface area contributed by atoms with E-state index in [4.69, 9.17) is 16.0 Å². The van der Waals surface area contributed by atoms with Gasteiger partial charge in [-0.15, -0.1) is 0 Å². The Bertz CT molecular complexity index is 634. The van der Waals surface area contributed by atoms with Crippen LogP contribution in [0.2, 0.25) is 5.02 Å². The molecule has 90 valence electrons. The first-order valence-corrected chi connectivity index (χ1v) is 7.01. The van der Waals surface area contributed by atoms with Crippen LogP contribution in [0.1, 0.15) is 4.79 Å². The van der Waals surface area contributed by atoms with Crippen molar-refractivity contribution >= 4 is 60.5 Å². The summed E-state index contributed by atoms with van der Waals surface area (Å²) in [6, 6.07) is 4.67. The Morgan fingerprint density at radius 2 is 2.24 bits per heavy atom. The van der Waals surface area contributed by atoms with E-state index in [1.165, 1.54) is 6.07 Å². The van der Waals surface area contributed by atoms with Gasteiger partial charge in [-0.2, -0.15) is 0 Å². The lowest BCUT2D eigenvalue weighted by atomic mass is 10.3. The van der Waals surface area contributed by atoms with Gasteiger partial charge in [-0.25, -0.2) is 9.36 Å². The monoisotopic (exact) mass is 381 g/mol. The maximum Gasteiger partial charge on any atom is 0.426 e. The fraction of sp³-hybridized carbons (Fsp3) is 0.200. The summed E-state index contributed by atoms with van der Waals surface area (Å²) in [7, 11) is 0. The Morgan fingerprint density at radius 1 is 1.53 bits per heavy atom. The Kier molecular flexibility index (Phi) is 3.75. The number of hydrogen-bond acceptors (Lipinski definition) is 3. The van der Waals surface area contributed by atoms with Crippen LogP contribution in [0.15, 0.2) is 27.4 Å². The molecule has 0 saturated heterocycles. The molecule has 4 nitrogen and oxygen atoms in total. The van der Waals surface area contributed by atoms with Gasteiger partial charge in [0, 0.05) is 16.4 Å². The molecule has 0 amide bonds. The molecule has 1 heterocycles. The summed E-state index contributed by atoms with van der Waals surface area (Å²) in [4.78, 5) is 23.1. The van der Waals surface area contributed by atoms with Crippen LogP contribution in [0, 0.1) is 0 Å². The molecule has 0 radical (unpaired) electrons. The predicted molar refractivity (Wildman–Crippen MR) is 72.6 cm³/mol. The zero-order chi connectivity index (χ0) is 12.6.